The third-order valence-corrected chi connectivity index (χ3v) is 3.00. The molecule has 0 aromatic carbocycles. The van der Waals surface area contributed by atoms with Crippen LogP contribution in [0.15, 0.2) is 12.3 Å². The highest BCUT2D eigenvalue weighted by Crippen LogP contribution is 2.39. The quantitative estimate of drug-likeness (QED) is 0.716. The highest BCUT2D eigenvalue weighted by atomic mass is 16.7. The summed E-state index contributed by atoms with van der Waals surface area (Å²) in [7, 11) is 0. The molecule has 2 nitrogen and oxygen atoms in total. The Hall–Kier alpha value is -0.500. The van der Waals surface area contributed by atoms with Crippen LogP contribution in [-0.2, 0) is 9.47 Å². The summed E-state index contributed by atoms with van der Waals surface area (Å²) in [5.74, 6) is 0.866. The van der Waals surface area contributed by atoms with E-state index in [9.17, 15) is 0 Å². The fourth-order valence-electron chi connectivity index (χ4n) is 1.99. The maximum atomic E-state index is 6.13. The van der Waals surface area contributed by atoms with Gasteiger partial charge in [-0.2, -0.15) is 0 Å². The molecule has 16 heavy (non-hydrogen) atoms. The zero-order chi connectivity index (χ0) is 12.4. The lowest BCUT2D eigenvalue weighted by molar-refractivity contribution is -0.263. The first-order chi connectivity index (χ1) is 7.27. The first kappa shape index (κ1) is 13.6. The molecule has 1 heterocycles. The molecular weight excluding hydrogens is 200 g/mol. The second-order valence-corrected chi connectivity index (χ2v) is 6.20. The number of unbranched alkanes of at least 4 members (excludes halogenated alkanes) is 1. The van der Waals surface area contributed by atoms with Crippen molar-refractivity contribution in [3.05, 3.63) is 12.3 Å². The molecule has 0 bridgehead atoms. The van der Waals surface area contributed by atoms with Crippen LogP contribution in [0.25, 0.3) is 0 Å². The summed E-state index contributed by atoms with van der Waals surface area (Å²) in [5.41, 5.74) is -0.0971. The summed E-state index contributed by atoms with van der Waals surface area (Å²) in [6, 6.07) is 0. The summed E-state index contributed by atoms with van der Waals surface area (Å²) in [5, 5.41) is 0. The lowest BCUT2D eigenvalue weighted by Crippen LogP contribution is -2.45. The molecule has 0 radical (unpaired) electrons. The van der Waals surface area contributed by atoms with Crippen molar-refractivity contribution in [1.82, 2.24) is 0 Å². The van der Waals surface area contributed by atoms with E-state index in [2.05, 4.69) is 41.2 Å². The first-order valence-corrected chi connectivity index (χ1v) is 6.29. The highest BCUT2D eigenvalue weighted by molar-refractivity contribution is 4.98. The molecule has 1 rings (SSSR count). The minimum atomic E-state index is -0.171. The van der Waals surface area contributed by atoms with Crippen LogP contribution in [0.3, 0.4) is 0 Å². The number of rotatable bonds is 3. The van der Waals surface area contributed by atoms with Gasteiger partial charge in [0.25, 0.3) is 0 Å². The summed E-state index contributed by atoms with van der Waals surface area (Å²) in [6.07, 6.45) is 4.13. The van der Waals surface area contributed by atoms with Crippen molar-refractivity contribution >= 4 is 0 Å². The minimum Gasteiger partial charge on any atom is -0.469 e. The van der Waals surface area contributed by atoms with Crippen LogP contribution in [0.1, 0.15) is 60.3 Å². The SMILES string of the molecule is C=C1C[C@@](C)(CCCC)O[C@H](C(C)(C)C)O1. The van der Waals surface area contributed by atoms with Gasteiger partial charge < -0.3 is 9.47 Å². The Morgan fingerprint density at radius 3 is 2.56 bits per heavy atom. The first-order valence-electron chi connectivity index (χ1n) is 6.29. The normalized spacial score (nSPS) is 31.3. The Labute approximate surface area is 100 Å². The summed E-state index contributed by atoms with van der Waals surface area (Å²) in [4.78, 5) is 0. The number of hydrogen-bond acceptors (Lipinski definition) is 2. The van der Waals surface area contributed by atoms with E-state index in [0.717, 1.165) is 18.6 Å². The van der Waals surface area contributed by atoms with E-state index in [-0.39, 0.29) is 17.3 Å². The molecule has 0 aromatic rings. The second kappa shape index (κ2) is 4.79. The van der Waals surface area contributed by atoms with Crippen molar-refractivity contribution in [3.63, 3.8) is 0 Å². The second-order valence-electron chi connectivity index (χ2n) is 6.20. The van der Waals surface area contributed by atoms with Gasteiger partial charge in [0.05, 0.1) is 11.4 Å². The Morgan fingerprint density at radius 1 is 1.44 bits per heavy atom. The van der Waals surface area contributed by atoms with Crippen LogP contribution in [0.2, 0.25) is 0 Å². The van der Waals surface area contributed by atoms with Crippen LogP contribution >= 0.6 is 0 Å². The smallest absolute Gasteiger partial charge is 0.204 e. The van der Waals surface area contributed by atoms with E-state index in [1.807, 2.05) is 0 Å². The Kier molecular flexibility index (Phi) is 4.06. The van der Waals surface area contributed by atoms with Crippen molar-refractivity contribution in [2.75, 3.05) is 0 Å². The van der Waals surface area contributed by atoms with Crippen LogP contribution < -0.4 is 0 Å². The van der Waals surface area contributed by atoms with E-state index in [1.54, 1.807) is 0 Å². The molecule has 0 saturated carbocycles. The predicted molar refractivity (Wildman–Crippen MR) is 67.1 cm³/mol. The third kappa shape index (κ3) is 3.51. The molecule has 0 amide bonds. The Morgan fingerprint density at radius 2 is 2.06 bits per heavy atom. The van der Waals surface area contributed by atoms with Crippen molar-refractivity contribution in [2.24, 2.45) is 5.41 Å². The zero-order valence-corrected chi connectivity index (χ0v) is 11.4. The largest absolute Gasteiger partial charge is 0.469 e. The van der Waals surface area contributed by atoms with Gasteiger partial charge >= 0.3 is 0 Å². The van der Waals surface area contributed by atoms with E-state index >= 15 is 0 Å². The molecule has 0 aliphatic carbocycles. The van der Waals surface area contributed by atoms with E-state index in [4.69, 9.17) is 9.47 Å². The zero-order valence-electron chi connectivity index (χ0n) is 11.4. The fourth-order valence-corrected chi connectivity index (χ4v) is 1.99. The maximum absolute atomic E-state index is 6.13. The molecule has 0 unspecified atom stereocenters. The van der Waals surface area contributed by atoms with E-state index < -0.39 is 0 Å². The molecule has 1 saturated heterocycles. The van der Waals surface area contributed by atoms with Gasteiger partial charge in [-0.1, -0.05) is 47.1 Å². The van der Waals surface area contributed by atoms with Gasteiger partial charge in [0.2, 0.25) is 6.29 Å². The Balaban J connectivity index is 2.70. The van der Waals surface area contributed by atoms with Crippen LogP contribution in [-0.4, -0.2) is 11.9 Å². The topological polar surface area (TPSA) is 18.5 Å². The maximum Gasteiger partial charge on any atom is 0.204 e. The summed E-state index contributed by atoms with van der Waals surface area (Å²) >= 11 is 0. The number of ether oxygens (including phenoxy) is 2. The standard InChI is InChI=1S/C14H26O2/c1-7-8-9-14(6)10-11(2)15-12(16-14)13(3,4)5/h12H,2,7-10H2,1,3-6H3/t12-,14-/m1/s1. The van der Waals surface area contributed by atoms with Crippen molar-refractivity contribution in [1.29, 1.82) is 0 Å². The molecule has 0 spiro atoms. The van der Waals surface area contributed by atoms with Crippen molar-refractivity contribution < 1.29 is 9.47 Å². The molecule has 1 aliphatic heterocycles. The van der Waals surface area contributed by atoms with Crippen LogP contribution in [0, 0.1) is 5.41 Å². The summed E-state index contributed by atoms with van der Waals surface area (Å²) < 4.78 is 11.8. The van der Waals surface area contributed by atoms with Gasteiger partial charge in [-0.3, -0.25) is 0 Å². The van der Waals surface area contributed by atoms with Crippen LogP contribution in [0.5, 0.6) is 0 Å². The van der Waals surface area contributed by atoms with Gasteiger partial charge in [-0.25, -0.2) is 0 Å². The van der Waals surface area contributed by atoms with Gasteiger partial charge in [0.1, 0.15) is 0 Å². The molecule has 2 atom stereocenters. The molecule has 0 aromatic heterocycles. The molecule has 1 aliphatic rings. The molecule has 0 N–H and O–H groups in total. The van der Waals surface area contributed by atoms with Crippen LogP contribution in [0.4, 0.5) is 0 Å². The molecule has 1 fully saturated rings. The average Bonchev–Trinajstić information content (AvgIpc) is 2.12. The summed E-state index contributed by atoms with van der Waals surface area (Å²) in [6.45, 7) is 14.8. The molecule has 2 heteroatoms. The van der Waals surface area contributed by atoms with E-state index in [0.29, 0.717) is 0 Å². The van der Waals surface area contributed by atoms with Gasteiger partial charge in [0, 0.05) is 11.8 Å². The van der Waals surface area contributed by atoms with E-state index in [1.165, 1.54) is 12.8 Å². The van der Waals surface area contributed by atoms with Gasteiger partial charge in [-0.15, -0.1) is 0 Å². The number of hydrogen-bond donors (Lipinski definition) is 0. The Bertz CT molecular complexity index is 252. The average molecular weight is 226 g/mol. The minimum absolute atomic E-state index is 0.00314. The predicted octanol–water partition coefficient (Wildman–Crippen LogP) is 4.26. The van der Waals surface area contributed by atoms with Crippen molar-refractivity contribution in [2.45, 2.75) is 72.2 Å². The fraction of sp³-hybridized carbons (Fsp3) is 0.857. The lowest BCUT2D eigenvalue weighted by Gasteiger charge is -2.44. The highest BCUT2D eigenvalue weighted by Gasteiger charge is 2.40. The molecule has 94 valence electrons. The molecular formula is C14H26O2. The lowest BCUT2D eigenvalue weighted by atomic mass is 9.89. The third-order valence-electron chi connectivity index (χ3n) is 3.00. The monoisotopic (exact) mass is 226 g/mol. The van der Waals surface area contributed by atoms with Crippen molar-refractivity contribution in [3.8, 4) is 0 Å². The van der Waals surface area contributed by atoms with Gasteiger partial charge in [-0.05, 0) is 13.3 Å². The van der Waals surface area contributed by atoms with Gasteiger partial charge in [0.15, 0.2) is 0 Å².